The number of nitrogens with one attached hydrogen (secondary N) is 1. The molecule has 1 aliphatic heterocycles. The average molecular weight is 274 g/mol. The lowest BCUT2D eigenvalue weighted by atomic mass is 10.1. The molecule has 0 radical (unpaired) electrons. The second kappa shape index (κ2) is 5.69. The summed E-state index contributed by atoms with van der Waals surface area (Å²) in [6.45, 7) is 1.06. The maximum atomic E-state index is 12.9. The molecule has 0 aliphatic carbocycles. The molecule has 1 aromatic rings. The van der Waals surface area contributed by atoms with Gasteiger partial charge >= 0.3 is 6.18 Å². The lowest BCUT2D eigenvalue weighted by molar-refractivity contribution is -0.136. The number of rotatable bonds is 3. The fraction of sp³-hybridized carbons (Fsp3) is 0.538. The van der Waals surface area contributed by atoms with Crippen molar-refractivity contribution in [2.45, 2.75) is 31.5 Å². The number of benzene rings is 1. The number of nitrogen functional groups attached to an aromatic ring is 1. The Morgan fingerprint density at radius 3 is 2.74 bits per heavy atom. The third-order valence-electron chi connectivity index (χ3n) is 3.14. The molecule has 3 nitrogen and oxygen atoms in total. The van der Waals surface area contributed by atoms with Crippen LogP contribution in [0, 0.1) is 0 Å². The van der Waals surface area contributed by atoms with E-state index in [1.807, 2.05) is 0 Å². The first-order valence-electron chi connectivity index (χ1n) is 6.29. The Morgan fingerprint density at radius 2 is 2.11 bits per heavy atom. The smallest absolute Gasteiger partial charge is 0.399 e. The molecule has 1 aliphatic rings. The molecule has 1 atom stereocenters. The molecule has 1 saturated heterocycles. The summed E-state index contributed by atoms with van der Waals surface area (Å²) < 4.78 is 44.1. The standard InChI is InChI=1S/C13H17F3N2O/c14-13(15,16)11-7-9(17)4-5-12(11)18-8-10-3-1-2-6-19-10/h4-5,7,10,18H,1-3,6,8,17H2. The molecule has 1 aromatic carbocycles. The van der Waals surface area contributed by atoms with Gasteiger partial charge in [0.25, 0.3) is 0 Å². The summed E-state index contributed by atoms with van der Waals surface area (Å²) in [5.74, 6) is 0. The summed E-state index contributed by atoms with van der Waals surface area (Å²) >= 11 is 0. The third kappa shape index (κ3) is 3.76. The minimum absolute atomic E-state index is 0.0209. The summed E-state index contributed by atoms with van der Waals surface area (Å²) in [5, 5.41) is 2.82. The van der Waals surface area contributed by atoms with E-state index in [0.717, 1.165) is 25.3 Å². The Hall–Kier alpha value is -1.43. The topological polar surface area (TPSA) is 47.3 Å². The Bertz CT molecular complexity index is 428. The maximum absolute atomic E-state index is 12.9. The minimum atomic E-state index is -4.41. The quantitative estimate of drug-likeness (QED) is 0.832. The van der Waals surface area contributed by atoms with Crippen molar-refractivity contribution in [3.05, 3.63) is 23.8 Å². The van der Waals surface area contributed by atoms with Gasteiger partial charge in [-0.2, -0.15) is 13.2 Å². The van der Waals surface area contributed by atoms with Crippen LogP contribution in [0.1, 0.15) is 24.8 Å². The molecule has 19 heavy (non-hydrogen) atoms. The summed E-state index contributed by atoms with van der Waals surface area (Å²) in [5.41, 5.74) is 4.83. The first-order chi connectivity index (χ1) is 8.97. The molecule has 3 N–H and O–H groups in total. The zero-order valence-electron chi connectivity index (χ0n) is 10.5. The third-order valence-corrected chi connectivity index (χ3v) is 3.14. The zero-order valence-corrected chi connectivity index (χ0v) is 10.5. The van der Waals surface area contributed by atoms with Crippen LogP contribution in [0.25, 0.3) is 0 Å². The molecule has 1 unspecified atom stereocenters. The molecule has 0 amide bonds. The van der Waals surface area contributed by atoms with Gasteiger partial charge in [0.05, 0.1) is 11.7 Å². The highest BCUT2D eigenvalue weighted by atomic mass is 19.4. The highest BCUT2D eigenvalue weighted by Gasteiger charge is 2.33. The molecule has 0 saturated carbocycles. The van der Waals surface area contributed by atoms with Gasteiger partial charge in [-0.3, -0.25) is 0 Å². The van der Waals surface area contributed by atoms with E-state index in [0.29, 0.717) is 13.2 Å². The summed E-state index contributed by atoms with van der Waals surface area (Å²) in [6, 6.07) is 3.77. The van der Waals surface area contributed by atoms with Crippen molar-refractivity contribution in [3.8, 4) is 0 Å². The second-order valence-electron chi connectivity index (χ2n) is 4.67. The van der Waals surface area contributed by atoms with Gasteiger partial charge in [-0.1, -0.05) is 0 Å². The Kier molecular flexibility index (Phi) is 4.19. The molecule has 1 fully saturated rings. The van der Waals surface area contributed by atoms with Crippen molar-refractivity contribution in [1.29, 1.82) is 0 Å². The van der Waals surface area contributed by atoms with Gasteiger partial charge in [0.15, 0.2) is 0 Å². The van der Waals surface area contributed by atoms with Crippen LogP contribution < -0.4 is 11.1 Å². The summed E-state index contributed by atoms with van der Waals surface area (Å²) in [7, 11) is 0. The molecular weight excluding hydrogens is 257 g/mol. The number of anilines is 2. The van der Waals surface area contributed by atoms with Crippen LogP contribution in [-0.2, 0) is 10.9 Å². The van der Waals surface area contributed by atoms with Crippen LogP contribution in [0.15, 0.2) is 18.2 Å². The predicted octanol–water partition coefficient (Wildman–Crippen LogP) is 3.27. The second-order valence-corrected chi connectivity index (χ2v) is 4.67. The van der Waals surface area contributed by atoms with Gasteiger partial charge in [0, 0.05) is 24.5 Å². The monoisotopic (exact) mass is 274 g/mol. The molecule has 0 aromatic heterocycles. The van der Waals surface area contributed by atoms with Crippen molar-refractivity contribution in [2.24, 2.45) is 0 Å². The van der Waals surface area contributed by atoms with E-state index in [-0.39, 0.29) is 17.5 Å². The predicted molar refractivity (Wildman–Crippen MR) is 67.9 cm³/mol. The van der Waals surface area contributed by atoms with Crippen LogP contribution in [0.3, 0.4) is 0 Å². The Labute approximate surface area is 109 Å². The lowest BCUT2D eigenvalue weighted by Crippen LogP contribution is -2.27. The number of nitrogens with two attached hydrogens (primary N) is 1. The largest absolute Gasteiger partial charge is 0.418 e. The van der Waals surface area contributed by atoms with Crippen molar-refractivity contribution < 1.29 is 17.9 Å². The van der Waals surface area contributed by atoms with Crippen LogP contribution in [-0.4, -0.2) is 19.3 Å². The molecule has 0 bridgehead atoms. The maximum Gasteiger partial charge on any atom is 0.418 e. The highest BCUT2D eigenvalue weighted by Crippen LogP contribution is 2.36. The molecule has 0 spiro atoms. The summed E-state index contributed by atoms with van der Waals surface area (Å²) in [4.78, 5) is 0. The van der Waals surface area contributed by atoms with E-state index in [9.17, 15) is 13.2 Å². The lowest BCUT2D eigenvalue weighted by Gasteiger charge is -2.24. The van der Waals surface area contributed by atoms with Crippen LogP contribution in [0.2, 0.25) is 0 Å². The van der Waals surface area contributed by atoms with E-state index in [1.54, 1.807) is 0 Å². The fourth-order valence-corrected chi connectivity index (χ4v) is 2.14. The number of ether oxygens (including phenoxy) is 1. The van der Waals surface area contributed by atoms with E-state index >= 15 is 0 Å². The van der Waals surface area contributed by atoms with E-state index < -0.39 is 11.7 Å². The number of halogens is 3. The van der Waals surface area contributed by atoms with E-state index in [2.05, 4.69) is 5.32 Å². The fourth-order valence-electron chi connectivity index (χ4n) is 2.14. The van der Waals surface area contributed by atoms with Gasteiger partial charge in [-0.15, -0.1) is 0 Å². The molecule has 106 valence electrons. The van der Waals surface area contributed by atoms with Crippen molar-refractivity contribution in [2.75, 3.05) is 24.2 Å². The van der Waals surface area contributed by atoms with Gasteiger partial charge in [0.2, 0.25) is 0 Å². The Morgan fingerprint density at radius 1 is 1.32 bits per heavy atom. The first kappa shape index (κ1) is 14.0. The average Bonchev–Trinajstić information content (AvgIpc) is 2.37. The van der Waals surface area contributed by atoms with Crippen LogP contribution in [0.5, 0.6) is 0 Å². The van der Waals surface area contributed by atoms with Gasteiger partial charge in [0.1, 0.15) is 0 Å². The van der Waals surface area contributed by atoms with Crippen molar-refractivity contribution in [3.63, 3.8) is 0 Å². The van der Waals surface area contributed by atoms with E-state index in [1.165, 1.54) is 12.1 Å². The number of alkyl halides is 3. The van der Waals surface area contributed by atoms with Gasteiger partial charge in [-0.25, -0.2) is 0 Å². The highest BCUT2D eigenvalue weighted by molar-refractivity contribution is 5.59. The zero-order chi connectivity index (χ0) is 13.9. The SMILES string of the molecule is Nc1ccc(NCC2CCCCO2)c(C(F)(F)F)c1. The number of hydrogen-bond acceptors (Lipinski definition) is 3. The number of hydrogen-bond donors (Lipinski definition) is 2. The van der Waals surface area contributed by atoms with Crippen LogP contribution in [0.4, 0.5) is 24.5 Å². The first-order valence-corrected chi connectivity index (χ1v) is 6.29. The van der Waals surface area contributed by atoms with E-state index in [4.69, 9.17) is 10.5 Å². The van der Waals surface area contributed by atoms with Gasteiger partial charge < -0.3 is 15.8 Å². The molecule has 2 rings (SSSR count). The van der Waals surface area contributed by atoms with Gasteiger partial charge in [-0.05, 0) is 37.5 Å². The molecule has 6 heteroatoms. The molecular formula is C13H17F3N2O. The normalized spacial score (nSPS) is 20.3. The summed E-state index contributed by atoms with van der Waals surface area (Å²) in [6.07, 6.45) is -1.48. The molecule has 1 heterocycles. The minimum Gasteiger partial charge on any atom is -0.399 e. The Balaban J connectivity index is 2.06. The van der Waals surface area contributed by atoms with Crippen molar-refractivity contribution in [1.82, 2.24) is 0 Å². The van der Waals surface area contributed by atoms with Crippen molar-refractivity contribution >= 4 is 11.4 Å². The van der Waals surface area contributed by atoms with Crippen LogP contribution >= 0.6 is 0 Å².